The van der Waals surface area contributed by atoms with Crippen LogP contribution in [0, 0.1) is 0 Å². The molecule has 0 aliphatic carbocycles. The molecule has 1 N–H and O–H groups in total. The molecule has 1 aromatic heterocycles. The summed E-state index contributed by atoms with van der Waals surface area (Å²) in [5.74, 6) is 0.557. The predicted octanol–water partition coefficient (Wildman–Crippen LogP) is -0.397. The molecule has 1 unspecified atom stereocenters. The summed E-state index contributed by atoms with van der Waals surface area (Å²) in [5, 5.41) is 10.6. The third-order valence-corrected chi connectivity index (χ3v) is 3.14. The molecule has 0 saturated carbocycles. The van der Waals surface area contributed by atoms with Gasteiger partial charge in [0.25, 0.3) is 5.91 Å². The Morgan fingerprint density at radius 1 is 1.50 bits per heavy atom. The molecule has 1 aliphatic heterocycles. The van der Waals surface area contributed by atoms with E-state index < -0.39 is 0 Å². The van der Waals surface area contributed by atoms with E-state index >= 15 is 0 Å². The molecule has 2 rings (SSSR count). The Labute approximate surface area is 118 Å². The number of aromatic nitrogens is 2. The highest BCUT2D eigenvalue weighted by Gasteiger charge is 2.22. The van der Waals surface area contributed by atoms with E-state index in [2.05, 4.69) is 25.3 Å². The van der Waals surface area contributed by atoms with Gasteiger partial charge in [0.1, 0.15) is 0 Å². The van der Waals surface area contributed by atoms with Crippen molar-refractivity contribution < 1.29 is 9.53 Å². The predicted molar refractivity (Wildman–Crippen MR) is 75.9 cm³/mol. The number of hydrogen-bond acceptors (Lipinski definition) is 6. The molecule has 0 radical (unpaired) electrons. The fourth-order valence-electron chi connectivity index (χ4n) is 2.19. The van der Waals surface area contributed by atoms with Crippen LogP contribution < -0.4 is 10.2 Å². The lowest BCUT2D eigenvalue weighted by molar-refractivity contribution is 0.0245. The maximum atomic E-state index is 11.4. The van der Waals surface area contributed by atoms with Crippen LogP contribution in [-0.4, -0.2) is 74.5 Å². The van der Waals surface area contributed by atoms with Gasteiger partial charge in [0.15, 0.2) is 11.5 Å². The third kappa shape index (κ3) is 3.64. The van der Waals surface area contributed by atoms with Crippen molar-refractivity contribution in [3.63, 3.8) is 0 Å². The molecule has 20 heavy (non-hydrogen) atoms. The number of hydrogen-bond donors (Lipinski definition) is 1. The van der Waals surface area contributed by atoms with E-state index in [1.165, 1.54) is 0 Å². The molecule has 110 valence electrons. The molecule has 1 aliphatic rings. The van der Waals surface area contributed by atoms with Crippen LogP contribution in [0.25, 0.3) is 0 Å². The number of carbonyl (C=O) groups is 1. The van der Waals surface area contributed by atoms with E-state index in [9.17, 15) is 4.79 Å². The molecule has 1 aromatic rings. The van der Waals surface area contributed by atoms with Crippen molar-refractivity contribution in [2.75, 3.05) is 52.3 Å². The molecule has 0 aromatic carbocycles. The van der Waals surface area contributed by atoms with E-state index in [0.717, 1.165) is 25.5 Å². The van der Waals surface area contributed by atoms with Gasteiger partial charge in [-0.15, -0.1) is 10.2 Å². The summed E-state index contributed by atoms with van der Waals surface area (Å²) in [6.07, 6.45) is 0.166. The average molecular weight is 279 g/mol. The van der Waals surface area contributed by atoms with Gasteiger partial charge in [-0.05, 0) is 26.2 Å². The number of likely N-dealkylation sites (N-methyl/N-ethyl adjacent to an activating group) is 1. The largest absolute Gasteiger partial charge is 0.373 e. The van der Waals surface area contributed by atoms with E-state index in [4.69, 9.17) is 4.74 Å². The average Bonchev–Trinajstić information content (AvgIpc) is 2.46. The second-order valence-corrected chi connectivity index (χ2v) is 5.06. The smallest absolute Gasteiger partial charge is 0.271 e. The number of amides is 1. The Hall–Kier alpha value is -1.73. The van der Waals surface area contributed by atoms with Crippen molar-refractivity contribution in [1.82, 2.24) is 20.4 Å². The molecule has 7 nitrogen and oxygen atoms in total. The van der Waals surface area contributed by atoms with Gasteiger partial charge < -0.3 is 19.9 Å². The number of morpholine rings is 1. The second-order valence-electron chi connectivity index (χ2n) is 5.06. The molecule has 1 saturated heterocycles. The van der Waals surface area contributed by atoms with Crippen LogP contribution in [-0.2, 0) is 4.74 Å². The van der Waals surface area contributed by atoms with Gasteiger partial charge >= 0.3 is 0 Å². The summed E-state index contributed by atoms with van der Waals surface area (Å²) < 4.78 is 5.72. The van der Waals surface area contributed by atoms with E-state index in [1.807, 2.05) is 20.2 Å². The first kappa shape index (κ1) is 14.7. The fraction of sp³-hybridized carbons (Fsp3) is 0.615. The molecule has 0 spiro atoms. The Bertz CT molecular complexity index is 449. The molecule has 7 heteroatoms. The summed E-state index contributed by atoms with van der Waals surface area (Å²) in [7, 11) is 5.63. The van der Waals surface area contributed by atoms with Crippen molar-refractivity contribution in [3.8, 4) is 0 Å². The van der Waals surface area contributed by atoms with Crippen molar-refractivity contribution in [2.24, 2.45) is 0 Å². The first-order valence-electron chi connectivity index (χ1n) is 6.67. The Kier molecular flexibility index (Phi) is 4.86. The van der Waals surface area contributed by atoms with Gasteiger partial charge in [-0.3, -0.25) is 4.79 Å². The number of ether oxygens (including phenoxy) is 1. The van der Waals surface area contributed by atoms with Gasteiger partial charge in [0, 0.05) is 26.7 Å². The van der Waals surface area contributed by atoms with Crippen molar-refractivity contribution in [1.29, 1.82) is 0 Å². The van der Waals surface area contributed by atoms with Crippen molar-refractivity contribution in [3.05, 3.63) is 17.8 Å². The molecular weight excluding hydrogens is 258 g/mol. The van der Waals surface area contributed by atoms with Gasteiger partial charge in [0.2, 0.25) is 0 Å². The van der Waals surface area contributed by atoms with Gasteiger partial charge in [-0.1, -0.05) is 0 Å². The number of nitrogens with zero attached hydrogens (tertiary/aromatic N) is 4. The molecule has 1 fully saturated rings. The van der Waals surface area contributed by atoms with Gasteiger partial charge in [-0.25, -0.2) is 0 Å². The monoisotopic (exact) mass is 279 g/mol. The van der Waals surface area contributed by atoms with E-state index in [0.29, 0.717) is 12.3 Å². The van der Waals surface area contributed by atoms with Crippen LogP contribution in [0.2, 0.25) is 0 Å². The quantitative estimate of drug-likeness (QED) is 0.809. The zero-order valence-corrected chi connectivity index (χ0v) is 12.2. The van der Waals surface area contributed by atoms with Crippen LogP contribution in [0.1, 0.15) is 10.5 Å². The summed E-state index contributed by atoms with van der Waals surface area (Å²) in [6.45, 7) is 3.13. The number of anilines is 1. The van der Waals surface area contributed by atoms with Crippen LogP contribution in [0.3, 0.4) is 0 Å². The zero-order valence-electron chi connectivity index (χ0n) is 12.2. The molecular formula is C13H21N5O2. The van der Waals surface area contributed by atoms with E-state index in [1.54, 1.807) is 13.1 Å². The molecule has 1 amide bonds. The minimum Gasteiger partial charge on any atom is -0.373 e. The molecule has 0 bridgehead atoms. The number of nitrogens with one attached hydrogen (secondary N) is 1. The standard InChI is InChI=1S/C13H21N5O2/c1-14-13(19)11-4-5-12(16-15-11)18-6-7-20-10(9-18)8-17(2)3/h4-5,10H,6-9H2,1-3H3,(H,14,19). The highest BCUT2D eigenvalue weighted by molar-refractivity contribution is 5.91. The zero-order chi connectivity index (χ0) is 14.5. The molecule has 1 atom stereocenters. The van der Waals surface area contributed by atoms with E-state index in [-0.39, 0.29) is 12.0 Å². The van der Waals surface area contributed by atoms with Crippen molar-refractivity contribution >= 4 is 11.7 Å². The first-order valence-corrected chi connectivity index (χ1v) is 6.67. The van der Waals surface area contributed by atoms with Crippen molar-refractivity contribution in [2.45, 2.75) is 6.10 Å². The lowest BCUT2D eigenvalue weighted by atomic mass is 10.2. The summed E-state index contributed by atoms with van der Waals surface area (Å²) in [6, 6.07) is 3.52. The highest BCUT2D eigenvalue weighted by atomic mass is 16.5. The maximum absolute atomic E-state index is 11.4. The highest BCUT2D eigenvalue weighted by Crippen LogP contribution is 2.14. The summed E-state index contributed by atoms with van der Waals surface area (Å²) in [5.41, 5.74) is 0.328. The number of carbonyl (C=O) groups excluding carboxylic acids is 1. The van der Waals surface area contributed by atoms with Crippen LogP contribution in [0.4, 0.5) is 5.82 Å². The summed E-state index contributed by atoms with van der Waals surface area (Å²) >= 11 is 0. The van der Waals surface area contributed by atoms with Crippen LogP contribution in [0.5, 0.6) is 0 Å². The number of rotatable bonds is 4. The SMILES string of the molecule is CNC(=O)c1ccc(N2CCOC(CN(C)C)C2)nn1. The Balaban J connectivity index is 2.01. The lowest BCUT2D eigenvalue weighted by Gasteiger charge is -2.34. The van der Waals surface area contributed by atoms with Crippen LogP contribution >= 0.6 is 0 Å². The van der Waals surface area contributed by atoms with Gasteiger partial charge in [0.05, 0.1) is 12.7 Å². The molecule has 2 heterocycles. The third-order valence-electron chi connectivity index (χ3n) is 3.14. The second kappa shape index (κ2) is 6.62. The first-order chi connectivity index (χ1) is 9.60. The maximum Gasteiger partial charge on any atom is 0.271 e. The van der Waals surface area contributed by atoms with Gasteiger partial charge in [-0.2, -0.15) is 0 Å². The summed E-state index contributed by atoms with van der Waals surface area (Å²) in [4.78, 5) is 15.7. The Morgan fingerprint density at radius 2 is 2.30 bits per heavy atom. The minimum absolute atomic E-state index is 0.166. The van der Waals surface area contributed by atoms with Crippen LogP contribution in [0.15, 0.2) is 12.1 Å². The topological polar surface area (TPSA) is 70.6 Å². The normalized spacial score (nSPS) is 19.2. The minimum atomic E-state index is -0.225. The Morgan fingerprint density at radius 3 is 2.90 bits per heavy atom. The fourth-order valence-corrected chi connectivity index (χ4v) is 2.19. The lowest BCUT2D eigenvalue weighted by Crippen LogP contribution is -2.46.